The van der Waals surface area contributed by atoms with Crippen LogP contribution in [0.25, 0.3) is 0 Å². The fourth-order valence-corrected chi connectivity index (χ4v) is 0. The number of hydrogen-bond acceptors (Lipinski definition) is 3. The number of thiol groups is 1. The third kappa shape index (κ3) is 8.96. The molecule has 0 aromatic carbocycles. The van der Waals surface area contributed by atoms with Gasteiger partial charge in [0.1, 0.15) is 0 Å². The van der Waals surface area contributed by atoms with Crippen molar-refractivity contribution in [3.05, 3.63) is 0 Å². The molecule has 0 rings (SSSR count). The average molecular weight is 133 g/mol. The molecular weight excluding hydrogens is 129 g/mol. The van der Waals surface area contributed by atoms with E-state index in [4.69, 9.17) is 0 Å². The molecular formula is CH4NNaOS2. The standard InChI is InChI=1S/CH3NOS2.Na.H/c2-3-1(4)5;;/h2H2,(H,4,5);;/q;+1;-1. The molecule has 6 heavy (non-hydrogen) atoms. The summed E-state index contributed by atoms with van der Waals surface area (Å²) in [6.45, 7) is 0. The summed E-state index contributed by atoms with van der Waals surface area (Å²) in [4.78, 5) is 3.85. The Morgan fingerprint density at radius 1 is 2.00 bits per heavy atom. The Bertz CT molecular complexity index is 53.0. The molecule has 0 amide bonds. The van der Waals surface area contributed by atoms with Crippen LogP contribution < -0.4 is 35.5 Å². The molecule has 0 unspecified atom stereocenters. The first-order valence-electron chi connectivity index (χ1n) is 0.868. The normalized spacial score (nSPS) is 5.67. The molecule has 2 nitrogen and oxygen atoms in total. The van der Waals surface area contributed by atoms with Gasteiger partial charge in [-0.05, 0) is 12.2 Å². The summed E-state index contributed by atoms with van der Waals surface area (Å²) >= 11 is 7.70. The van der Waals surface area contributed by atoms with Crippen molar-refractivity contribution in [3.63, 3.8) is 0 Å². The summed E-state index contributed by atoms with van der Waals surface area (Å²) in [7, 11) is 0. The van der Waals surface area contributed by atoms with Gasteiger partial charge in [-0.3, -0.25) is 0 Å². The molecule has 32 valence electrons. The summed E-state index contributed by atoms with van der Waals surface area (Å²) in [5, 5.41) is 0. The molecule has 0 aromatic rings. The van der Waals surface area contributed by atoms with Gasteiger partial charge in [0, 0.05) is 0 Å². The molecule has 0 saturated carbocycles. The average Bonchev–Trinajstić information content (AvgIpc) is 1.38. The zero-order chi connectivity index (χ0) is 4.28. The first-order valence-corrected chi connectivity index (χ1v) is 1.72. The van der Waals surface area contributed by atoms with Crippen molar-refractivity contribution < 1.29 is 35.8 Å². The maximum atomic E-state index is 4.45. The molecule has 0 saturated heterocycles. The Morgan fingerprint density at radius 2 is 2.17 bits per heavy atom. The van der Waals surface area contributed by atoms with Gasteiger partial charge in [-0.1, -0.05) is 12.6 Å². The minimum absolute atomic E-state index is 0. The van der Waals surface area contributed by atoms with Crippen molar-refractivity contribution in [1.29, 1.82) is 0 Å². The van der Waals surface area contributed by atoms with Crippen LogP contribution in [0.3, 0.4) is 0 Å². The fraction of sp³-hybridized carbons (Fsp3) is 0. The summed E-state index contributed by atoms with van der Waals surface area (Å²) in [6, 6.07) is 0. The monoisotopic (exact) mass is 133 g/mol. The van der Waals surface area contributed by atoms with Crippen LogP contribution in [-0.4, -0.2) is 4.38 Å². The van der Waals surface area contributed by atoms with E-state index >= 15 is 0 Å². The maximum Gasteiger partial charge on any atom is 1.00 e. The van der Waals surface area contributed by atoms with Crippen LogP contribution in [0, 0.1) is 0 Å². The Labute approximate surface area is 70.6 Å². The number of thiocarbonyl (C=S) groups is 1. The van der Waals surface area contributed by atoms with E-state index < -0.39 is 0 Å². The molecule has 5 heteroatoms. The van der Waals surface area contributed by atoms with E-state index in [1.54, 1.807) is 0 Å². The van der Waals surface area contributed by atoms with E-state index in [1.807, 2.05) is 0 Å². The summed E-state index contributed by atoms with van der Waals surface area (Å²) < 4.78 is 0.0602. The number of nitrogens with two attached hydrogens (primary N) is 1. The van der Waals surface area contributed by atoms with E-state index in [0.29, 0.717) is 0 Å². The van der Waals surface area contributed by atoms with Gasteiger partial charge in [-0.15, -0.1) is 0 Å². The molecule has 0 spiro atoms. The molecule has 0 aliphatic carbocycles. The van der Waals surface area contributed by atoms with Crippen LogP contribution in [0.1, 0.15) is 1.43 Å². The van der Waals surface area contributed by atoms with Crippen LogP contribution in [-0.2, 0) is 4.84 Å². The summed E-state index contributed by atoms with van der Waals surface area (Å²) in [5.41, 5.74) is 0. The first kappa shape index (κ1) is 10.2. The Balaban J connectivity index is -0.0000000800. The van der Waals surface area contributed by atoms with E-state index in [0.717, 1.165) is 0 Å². The molecule has 0 radical (unpaired) electrons. The van der Waals surface area contributed by atoms with Crippen LogP contribution in [0.5, 0.6) is 0 Å². The predicted molar refractivity (Wildman–Crippen MR) is 28.0 cm³/mol. The van der Waals surface area contributed by atoms with Crippen LogP contribution in [0.15, 0.2) is 0 Å². The first-order chi connectivity index (χ1) is 2.27. The van der Waals surface area contributed by atoms with Crippen molar-refractivity contribution in [3.8, 4) is 0 Å². The molecule has 0 aliphatic heterocycles. The van der Waals surface area contributed by atoms with E-state index in [1.165, 1.54) is 0 Å². The van der Waals surface area contributed by atoms with E-state index in [2.05, 4.69) is 35.6 Å². The molecule has 0 fully saturated rings. The van der Waals surface area contributed by atoms with Crippen molar-refractivity contribution in [2.24, 2.45) is 5.90 Å². The Kier molecular flexibility index (Phi) is 10.6. The zero-order valence-electron chi connectivity index (χ0n) is 4.34. The topological polar surface area (TPSA) is 35.2 Å². The van der Waals surface area contributed by atoms with Gasteiger partial charge >= 0.3 is 29.6 Å². The van der Waals surface area contributed by atoms with Crippen LogP contribution in [0.2, 0.25) is 0 Å². The van der Waals surface area contributed by atoms with E-state index in [-0.39, 0.29) is 35.4 Å². The van der Waals surface area contributed by atoms with Gasteiger partial charge in [0.25, 0.3) is 0 Å². The van der Waals surface area contributed by atoms with Crippen molar-refractivity contribution in [2.75, 3.05) is 0 Å². The third-order valence-corrected chi connectivity index (χ3v) is 0.302. The summed E-state index contributed by atoms with van der Waals surface area (Å²) in [6.07, 6.45) is 0. The van der Waals surface area contributed by atoms with Crippen molar-refractivity contribution in [2.45, 2.75) is 0 Å². The maximum absolute atomic E-state index is 4.45. The minimum Gasteiger partial charge on any atom is -1.00 e. The predicted octanol–water partition coefficient (Wildman–Crippen LogP) is -2.79. The molecule has 2 N–H and O–H groups in total. The molecule has 0 aromatic heterocycles. The van der Waals surface area contributed by atoms with Gasteiger partial charge in [0.2, 0.25) is 4.38 Å². The molecule has 0 atom stereocenters. The van der Waals surface area contributed by atoms with Gasteiger partial charge in [0.15, 0.2) is 0 Å². The smallest absolute Gasteiger partial charge is 1.00 e. The van der Waals surface area contributed by atoms with Crippen molar-refractivity contribution in [1.82, 2.24) is 0 Å². The van der Waals surface area contributed by atoms with Gasteiger partial charge in [-0.2, -0.15) is 5.90 Å². The second kappa shape index (κ2) is 6.20. The Hall–Kier alpha value is 1.20. The van der Waals surface area contributed by atoms with E-state index in [9.17, 15) is 0 Å². The Morgan fingerprint density at radius 3 is 2.17 bits per heavy atom. The van der Waals surface area contributed by atoms with Gasteiger partial charge < -0.3 is 6.26 Å². The van der Waals surface area contributed by atoms with Crippen LogP contribution in [0.4, 0.5) is 0 Å². The number of hydrogen-bond donors (Lipinski definition) is 2. The molecule has 0 aliphatic rings. The van der Waals surface area contributed by atoms with Crippen molar-refractivity contribution >= 4 is 29.2 Å². The molecule has 0 heterocycles. The largest absolute Gasteiger partial charge is 1.00 e. The fourth-order valence-electron chi connectivity index (χ4n) is 0. The number of rotatable bonds is 0. The SMILES string of the molecule is NOC(=S)S.[H-].[Na+]. The third-order valence-electron chi connectivity index (χ3n) is 0.101. The summed E-state index contributed by atoms with van der Waals surface area (Å²) in [5.74, 6) is 4.45. The van der Waals surface area contributed by atoms with Crippen LogP contribution >= 0.6 is 24.8 Å². The van der Waals surface area contributed by atoms with Gasteiger partial charge in [0.05, 0.1) is 0 Å². The second-order valence-corrected chi connectivity index (χ2v) is 1.46. The van der Waals surface area contributed by atoms with Gasteiger partial charge in [-0.25, -0.2) is 0 Å². The zero-order valence-corrected chi connectivity index (χ0v) is 7.05. The quantitative estimate of drug-likeness (QED) is 0.162. The second-order valence-electron chi connectivity index (χ2n) is 0.384. The molecule has 0 bridgehead atoms. The minimum atomic E-state index is 0.